The standard InChI is InChI=1S/C14H7F6/c15-13(16,17)11-6-10(9-4-2-1-3-5-9)7-12(8-11)14(18,19)20/h1-7H. The first-order valence-corrected chi connectivity index (χ1v) is 5.45. The van der Waals surface area contributed by atoms with Crippen LogP contribution < -0.4 is 0 Å². The minimum atomic E-state index is -4.88. The van der Waals surface area contributed by atoms with E-state index in [9.17, 15) is 26.3 Å². The van der Waals surface area contributed by atoms with Crippen molar-refractivity contribution in [3.8, 4) is 11.1 Å². The highest BCUT2D eigenvalue weighted by molar-refractivity contribution is 5.65. The molecule has 6 heteroatoms. The van der Waals surface area contributed by atoms with E-state index in [1.54, 1.807) is 6.07 Å². The smallest absolute Gasteiger partial charge is 0.166 e. The molecule has 0 heterocycles. The maximum Gasteiger partial charge on any atom is 0.417 e. The molecule has 0 saturated carbocycles. The molecule has 0 aliphatic rings. The van der Waals surface area contributed by atoms with Gasteiger partial charge in [-0.3, -0.25) is 0 Å². The van der Waals surface area contributed by atoms with Gasteiger partial charge in [0.2, 0.25) is 0 Å². The summed E-state index contributed by atoms with van der Waals surface area (Å²) in [6.45, 7) is 0. The molecule has 0 aliphatic carbocycles. The van der Waals surface area contributed by atoms with Gasteiger partial charge in [-0.25, -0.2) is 0 Å². The Hall–Kier alpha value is -1.98. The second kappa shape index (κ2) is 4.85. The molecule has 0 aromatic heterocycles. The number of halogens is 6. The molecule has 0 fully saturated rings. The predicted octanol–water partition coefficient (Wildman–Crippen LogP) is 5.19. The van der Waals surface area contributed by atoms with Crippen LogP contribution in [0.4, 0.5) is 26.3 Å². The van der Waals surface area contributed by atoms with E-state index in [-0.39, 0.29) is 11.1 Å². The Labute approximate surface area is 110 Å². The average Bonchev–Trinajstić information content (AvgIpc) is 2.37. The van der Waals surface area contributed by atoms with Crippen LogP contribution in [-0.2, 0) is 12.4 Å². The minimum Gasteiger partial charge on any atom is -0.166 e. The highest BCUT2D eigenvalue weighted by Gasteiger charge is 2.37. The van der Waals surface area contributed by atoms with E-state index < -0.39 is 23.5 Å². The first-order chi connectivity index (χ1) is 9.18. The van der Waals surface area contributed by atoms with Crippen molar-refractivity contribution in [1.29, 1.82) is 0 Å². The van der Waals surface area contributed by atoms with E-state index >= 15 is 0 Å². The Kier molecular flexibility index (Phi) is 3.50. The molecule has 0 atom stereocenters. The van der Waals surface area contributed by atoms with Crippen LogP contribution in [0.25, 0.3) is 11.1 Å². The molecular formula is C14H7F6. The summed E-state index contributed by atoms with van der Waals surface area (Å²) in [6, 6.07) is 10.3. The third-order valence-electron chi connectivity index (χ3n) is 2.59. The molecule has 2 aromatic carbocycles. The quantitative estimate of drug-likeness (QED) is 0.634. The van der Waals surface area contributed by atoms with E-state index in [4.69, 9.17) is 0 Å². The number of benzene rings is 2. The lowest BCUT2D eigenvalue weighted by Crippen LogP contribution is -2.11. The Bertz CT molecular complexity index is 563. The van der Waals surface area contributed by atoms with E-state index in [2.05, 4.69) is 0 Å². The van der Waals surface area contributed by atoms with Gasteiger partial charge in [0.1, 0.15) is 0 Å². The van der Waals surface area contributed by atoms with Crippen molar-refractivity contribution in [2.75, 3.05) is 0 Å². The Morgan fingerprint density at radius 2 is 1.10 bits per heavy atom. The third kappa shape index (κ3) is 3.12. The second-order valence-corrected chi connectivity index (χ2v) is 4.06. The van der Waals surface area contributed by atoms with Gasteiger partial charge in [0.05, 0.1) is 11.1 Å². The molecule has 0 spiro atoms. The molecule has 0 N–H and O–H groups in total. The molecule has 1 radical (unpaired) electrons. The van der Waals surface area contributed by atoms with Crippen LogP contribution in [0.1, 0.15) is 11.1 Å². The van der Waals surface area contributed by atoms with Crippen molar-refractivity contribution < 1.29 is 26.3 Å². The summed E-state index contributed by atoms with van der Waals surface area (Å²) in [5.41, 5.74) is -2.75. The zero-order valence-corrected chi connectivity index (χ0v) is 9.81. The topological polar surface area (TPSA) is 0 Å². The lowest BCUT2D eigenvalue weighted by Gasteiger charge is -2.13. The largest absolute Gasteiger partial charge is 0.417 e. The molecule has 0 nitrogen and oxygen atoms in total. The van der Waals surface area contributed by atoms with Crippen LogP contribution in [0.15, 0.2) is 42.5 Å². The van der Waals surface area contributed by atoms with Gasteiger partial charge in [-0.15, -0.1) is 0 Å². The Balaban J connectivity index is 2.64. The van der Waals surface area contributed by atoms with Crippen LogP contribution in [0.3, 0.4) is 0 Å². The van der Waals surface area contributed by atoms with Crippen LogP contribution in [0.5, 0.6) is 0 Å². The van der Waals surface area contributed by atoms with Gasteiger partial charge in [-0.2, -0.15) is 26.3 Å². The van der Waals surface area contributed by atoms with Gasteiger partial charge in [0.15, 0.2) is 0 Å². The summed E-state index contributed by atoms with van der Waals surface area (Å²) in [5, 5.41) is 0. The molecule has 0 aliphatic heterocycles. The minimum absolute atomic E-state index is 0.149. The summed E-state index contributed by atoms with van der Waals surface area (Å²) in [7, 11) is 0. The fraction of sp³-hybridized carbons (Fsp3) is 0.143. The third-order valence-corrected chi connectivity index (χ3v) is 2.59. The fourth-order valence-electron chi connectivity index (χ4n) is 1.67. The highest BCUT2D eigenvalue weighted by Crippen LogP contribution is 2.38. The van der Waals surface area contributed by atoms with E-state index in [0.29, 0.717) is 12.1 Å². The van der Waals surface area contributed by atoms with Crippen LogP contribution in [-0.4, -0.2) is 0 Å². The fourth-order valence-corrected chi connectivity index (χ4v) is 1.67. The Morgan fingerprint density at radius 3 is 1.50 bits per heavy atom. The van der Waals surface area contributed by atoms with E-state index in [1.807, 2.05) is 0 Å². The molecule has 2 aromatic rings. The zero-order chi connectivity index (χ0) is 15.0. The van der Waals surface area contributed by atoms with Crippen molar-refractivity contribution in [1.82, 2.24) is 0 Å². The van der Waals surface area contributed by atoms with Gasteiger partial charge in [0.25, 0.3) is 0 Å². The summed E-state index contributed by atoms with van der Waals surface area (Å²) < 4.78 is 75.9. The van der Waals surface area contributed by atoms with Crippen molar-refractivity contribution in [3.05, 3.63) is 59.7 Å². The van der Waals surface area contributed by atoms with Crippen molar-refractivity contribution in [2.45, 2.75) is 12.4 Å². The van der Waals surface area contributed by atoms with Gasteiger partial charge in [-0.1, -0.05) is 30.3 Å². The molecule has 2 rings (SSSR count). The molecule has 0 amide bonds. The van der Waals surface area contributed by atoms with Crippen molar-refractivity contribution in [2.24, 2.45) is 0 Å². The molecular weight excluding hydrogens is 282 g/mol. The highest BCUT2D eigenvalue weighted by atomic mass is 19.4. The summed E-state index contributed by atoms with van der Waals surface area (Å²) in [6.07, 6.45) is -9.77. The summed E-state index contributed by atoms with van der Waals surface area (Å²) in [4.78, 5) is 0. The SMILES string of the molecule is FC(F)(F)c1[c]c(C(F)(F)F)cc(-c2ccccc2)c1. The van der Waals surface area contributed by atoms with Gasteiger partial charge >= 0.3 is 12.4 Å². The van der Waals surface area contributed by atoms with Crippen molar-refractivity contribution in [3.63, 3.8) is 0 Å². The molecule has 20 heavy (non-hydrogen) atoms. The lowest BCUT2D eigenvalue weighted by atomic mass is 9.99. The van der Waals surface area contributed by atoms with E-state index in [1.165, 1.54) is 30.3 Å². The van der Waals surface area contributed by atoms with Gasteiger partial charge < -0.3 is 0 Å². The van der Waals surface area contributed by atoms with Crippen LogP contribution in [0, 0.1) is 6.07 Å². The number of hydrogen-bond acceptors (Lipinski definition) is 0. The normalized spacial score (nSPS) is 12.5. The Morgan fingerprint density at radius 1 is 0.650 bits per heavy atom. The first kappa shape index (κ1) is 14.4. The van der Waals surface area contributed by atoms with Gasteiger partial charge in [-0.05, 0) is 23.3 Å². The molecule has 0 unspecified atom stereocenters. The van der Waals surface area contributed by atoms with Crippen LogP contribution in [0.2, 0.25) is 0 Å². The van der Waals surface area contributed by atoms with E-state index in [0.717, 1.165) is 0 Å². The first-order valence-electron chi connectivity index (χ1n) is 5.45. The maximum absolute atomic E-state index is 12.7. The van der Waals surface area contributed by atoms with Crippen molar-refractivity contribution >= 4 is 0 Å². The van der Waals surface area contributed by atoms with Crippen LogP contribution >= 0.6 is 0 Å². The second-order valence-electron chi connectivity index (χ2n) is 4.06. The maximum atomic E-state index is 12.7. The molecule has 105 valence electrons. The number of alkyl halides is 6. The predicted molar refractivity (Wildman–Crippen MR) is 60.7 cm³/mol. The lowest BCUT2D eigenvalue weighted by molar-refractivity contribution is -0.143. The summed E-state index contributed by atoms with van der Waals surface area (Å²) >= 11 is 0. The average molecular weight is 289 g/mol. The van der Waals surface area contributed by atoms with Gasteiger partial charge in [0, 0.05) is 6.07 Å². The monoisotopic (exact) mass is 289 g/mol. The number of hydrogen-bond donors (Lipinski definition) is 0. The summed E-state index contributed by atoms with van der Waals surface area (Å²) in [5.74, 6) is 0. The molecule has 0 saturated heterocycles. The number of rotatable bonds is 1. The zero-order valence-electron chi connectivity index (χ0n) is 9.81. The molecule has 0 bridgehead atoms.